The van der Waals surface area contributed by atoms with Crippen LogP contribution in [0.2, 0.25) is 0 Å². The standard InChI is InChI=1S/C29H28FNO2S.ClH/c30-25-12-14-26(15-13-25)34(32,33)21-5-18-31-19-16-24(17-20-31)29-27-8-3-1-6-22(27)10-11-23-7-2-4-9-28(23)29;/h1-4,6-15H,5,16-21H2;1H. The quantitative estimate of drug-likeness (QED) is 0.288. The highest BCUT2D eigenvalue weighted by atomic mass is 35.5. The van der Waals surface area contributed by atoms with Gasteiger partial charge < -0.3 is 4.90 Å². The lowest BCUT2D eigenvalue weighted by Gasteiger charge is -2.30. The van der Waals surface area contributed by atoms with Gasteiger partial charge in [0.15, 0.2) is 9.84 Å². The molecule has 5 rings (SSSR count). The molecule has 0 radical (unpaired) electrons. The molecule has 1 aliphatic carbocycles. The van der Waals surface area contributed by atoms with E-state index >= 15 is 0 Å². The van der Waals surface area contributed by atoms with Crippen LogP contribution in [-0.4, -0.2) is 38.7 Å². The predicted molar refractivity (Wildman–Crippen MR) is 144 cm³/mol. The monoisotopic (exact) mass is 509 g/mol. The Balaban J connectivity index is 0.00000289. The summed E-state index contributed by atoms with van der Waals surface area (Å²) in [6, 6.07) is 22.3. The van der Waals surface area contributed by atoms with Gasteiger partial charge in [0.1, 0.15) is 5.82 Å². The first-order valence-electron chi connectivity index (χ1n) is 11.8. The number of fused-ring (bicyclic) bond motifs is 2. The summed E-state index contributed by atoms with van der Waals surface area (Å²) in [5.41, 5.74) is 7.90. The summed E-state index contributed by atoms with van der Waals surface area (Å²) in [6.07, 6.45) is 6.93. The van der Waals surface area contributed by atoms with E-state index in [-0.39, 0.29) is 23.1 Å². The zero-order valence-corrected chi connectivity index (χ0v) is 21.1. The van der Waals surface area contributed by atoms with Crippen molar-refractivity contribution in [2.45, 2.75) is 24.2 Å². The van der Waals surface area contributed by atoms with Crippen molar-refractivity contribution >= 4 is 40.0 Å². The smallest absolute Gasteiger partial charge is 0.178 e. The molecule has 0 unspecified atom stereocenters. The van der Waals surface area contributed by atoms with E-state index in [1.54, 1.807) is 0 Å². The molecule has 0 N–H and O–H groups in total. The predicted octanol–water partition coefficient (Wildman–Crippen LogP) is 6.49. The largest absolute Gasteiger partial charge is 0.303 e. The van der Waals surface area contributed by atoms with E-state index in [4.69, 9.17) is 0 Å². The molecular formula is C29H29ClFNO2S. The molecule has 0 saturated carbocycles. The molecule has 1 aliphatic heterocycles. The Morgan fingerprint density at radius 2 is 1.31 bits per heavy atom. The molecule has 182 valence electrons. The first kappa shape index (κ1) is 25.4. The van der Waals surface area contributed by atoms with Crippen molar-refractivity contribution in [1.82, 2.24) is 4.90 Å². The maximum Gasteiger partial charge on any atom is 0.178 e. The second-order valence-electron chi connectivity index (χ2n) is 8.95. The van der Waals surface area contributed by atoms with E-state index < -0.39 is 15.7 Å². The molecule has 1 heterocycles. The number of halogens is 2. The maximum atomic E-state index is 13.1. The van der Waals surface area contributed by atoms with Gasteiger partial charge in [-0.1, -0.05) is 66.3 Å². The van der Waals surface area contributed by atoms with Crippen LogP contribution in [0.25, 0.3) is 17.7 Å². The Kier molecular flexibility index (Phi) is 7.90. The Morgan fingerprint density at radius 1 is 0.771 bits per heavy atom. The fourth-order valence-electron chi connectivity index (χ4n) is 4.98. The topological polar surface area (TPSA) is 37.4 Å². The summed E-state index contributed by atoms with van der Waals surface area (Å²) in [4.78, 5) is 2.55. The highest BCUT2D eigenvalue weighted by molar-refractivity contribution is 7.91. The molecule has 0 spiro atoms. The summed E-state index contributed by atoms with van der Waals surface area (Å²) < 4.78 is 38.2. The minimum atomic E-state index is -3.39. The van der Waals surface area contributed by atoms with Crippen LogP contribution in [0.3, 0.4) is 0 Å². The van der Waals surface area contributed by atoms with Crippen molar-refractivity contribution in [3.05, 3.63) is 106 Å². The first-order valence-corrected chi connectivity index (χ1v) is 13.5. The molecule has 1 saturated heterocycles. The van der Waals surface area contributed by atoms with E-state index in [9.17, 15) is 12.8 Å². The van der Waals surface area contributed by atoms with Crippen LogP contribution in [0, 0.1) is 5.82 Å². The van der Waals surface area contributed by atoms with Gasteiger partial charge in [-0.25, -0.2) is 12.8 Å². The number of hydrogen-bond acceptors (Lipinski definition) is 3. The Morgan fingerprint density at radius 3 is 1.89 bits per heavy atom. The molecule has 6 heteroatoms. The van der Waals surface area contributed by atoms with Crippen molar-refractivity contribution in [1.29, 1.82) is 0 Å². The molecule has 35 heavy (non-hydrogen) atoms. The van der Waals surface area contributed by atoms with E-state index in [1.165, 1.54) is 57.7 Å². The number of hydrogen-bond donors (Lipinski definition) is 0. The van der Waals surface area contributed by atoms with Gasteiger partial charge in [0.2, 0.25) is 0 Å². The number of nitrogens with zero attached hydrogens (tertiary/aromatic N) is 1. The zero-order chi connectivity index (χ0) is 23.5. The van der Waals surface area contributed by atoms with Gasteiger partial charge >= 0.3 is 0 Å². The second-order valence-corrected chi connectivity index (χ2v) is 11.1. The van der Waals surface area contributed by atoms with Gasteiger partial charge in [-0.05, 0) is 77.9 Å². The Hall–Kier alpha value is -2.73. The van der Waals surface area contributed by atoms with E-state index in [2.05, 4.69) is 65.6 Å². The molecule has 2 aliphatic rings. The summed E-state index contributed by atoms with van der Waals surface area (Å²) in [6.45, 7) is 2.60. The van der Waals surface area contributed by atoms with Crippen LogP contribution in [0.5, 0.6) is 0 Å². The molecule has 3 nitrogen and oxygen atoms in total. The Bertz CT molecular complexity index is 1300. The van der Waals surface area contributed by atoms with Crippen molar-refractivity contribution in [3.8, 4) is 0 Å². The van der Waals surface area contributed by atoms with E-state index in [0.717, 1.165) is 32.5 Å². The lowest BCUT2D eigenvalue weighted by molar-refractivity contribution is 0.258. The minimum Gasteiger partial charge on any atom is -0.303 e. The zero-order valence-electron chi connectivity index (χ0n) is 19.5. The molecular weight excluding hydrogens is 481 g/mol. The van der Waals surface area contributed by atoms with Crippen molar-refractivity contribution in [2.75, 3.05) is 25.4 Å². The van der Waals surface area contributed by atoms with Crippen LogP contribution >= 0.6 is 12.4 Å². The summed E-state index contributed by atoms with van der Waals surface area (Å²) >= 11 is 0. The normalized spacial score (nSPS) is 15.7. The molecule has 0 bridgehead atoms. The Labute approximate surface area is 213 Å². The maximum absolute atomic E-state index is 13.1. The number of piperidine rings is 1. The van der Waals surface area contributed by atoms with Crippen LogP contribution < -0.4 is 0 Å². The molecule has 3 aromatic rings. The van der Waals surface area contributed by atoms with Crippen molar-refractivity contribution < 1.29 is 12.8 Å². The number of likely N-dealkylation sites (tertiary alicyclic amines) is 1. The lowest BCUT2D eigenvalue weighted by Crippen LogP contribution is -2.32. The van der Waals surface area contributed by atoms with Crippen molar-refractivity contribution in [2.24, 2.45) is 0 Å². The third-order valence-electron chi connectivity index (χ3n) is 6.78. The number of sulfone groups is 1. The SMILES string of the molecule is Cl.O=S(=O)(CCCN1CCC(=C2c3ccccc3C=Cc3ccccc32)CC1)c1ccc(F)cc1. The average molecular weight is 510 g/mol. The van der Waals surface area contributed by atoms with E-state index in [1.807, 2.05) is 0 Å². The molecule has 0 amide bonds. The average Bonchev–Trinajstić information content (AvgIpc) is 3.02. The number of benzene rings is 3. The van der Waals surface area contributed by atoms with Gasteiger partial charge in [-0.3, -0.25) is 0 Å². The van der Waals surface area contributed by atoms with Crippen LogP contribution in [0.15, 0.2) is 83.3 Å². The number of rotatable bonds is 5. The summed E-state index contributed by atoms with van der Waals surface area (Å²) in [5, 5.41) is 0. The minimum absolute atomic E-state index is 0. The van der Waals surface area contributed by atoms with Gasteiger partial charge in [-0.2, -0.15) is 0 Å². The van der Waals surface area contributed by atoms with E-state index in [0.29, 0.717) is 6.42 Å². The highest BCUT2D eigenvalue weighted by Crippen LogP contribution is 2.38. The lowest BCUT2D eigenvalue weighted by atomic mass is 9.86. The van der Waals surface area contributed by atoms with Crippen LogP contribution in [0.4, 0.5) is 4.39 Å². The van der Waals surface area contributed by atoms with Gasteiger partial charge in [0.05, 0.1) is 10.6 Å². The van der Waals surface area contributed by atoms with Crippen LogP contribution in [-0.2, 0) is 9.84 Å². The summed E-state index contributed by atoms with van der Waals surface area (Å²) in [5.74, 6) is -0.345. The molecule has 0 aromatic heterocycles. The molecule has 1 fully saturated rings. The second kappa shape index (κ2) is 10.9. The van der Waals surface area contributed by atoms with Crippen LogP contribution in [0.1, 0.15) is 41.5 Å². The fraction of sp³-hybridized carbons (Fsp3) is 0.241. The highest BCUT2D eigenvalue weighted by Gasteiger charge is 2.23. The van der Waals surface area contributed by atoms with Gasteiger partial charge in [0, 0.05) is 13.1 Å². The third-order valence-corrected chi connectivity index (χ3v) is 8.59. The van der Waals surface area contributed by atoms with Gasteiger partial charge in [0.25, 0.3) is 0 Å². The summed E-state index contributed by atoms with van der Waals surface area (Å²) in [7, 11) is -3.39. The molecule has 0 atom stereocenters. The van der Waals surface area contributed by atoms with Crippen molar-refractivity contribution in [3.63, 3.8) is 0 Å². The molecule has 3 aromatic carbocycles. The van der Waals surface area contributed by atoms with Gasteiger partial charge in [-0.15, -0.1) is 12.4 Å². The first-order chi connectivity index (χ1) is 16.5. The third kappa shape index (κ3) is 5.58. The fourth-order valence-corrected chi connectivity index (χ4v) is 6.28.